The van der Waals surface area contributed by atoms with Crippen molar-refractivity contribution in [2.45, 2.75) is 39.5 Å². The molecule has 2 aromatic carbocycles. The predicted molar refractivity (Wildman–Crippen MR) is 171 cm³/mol. The standard InChI is InChI=1S/C26H32ClF2N5O7S.2C2H6/c1-3-40-26(37)33-11-9-32(10-12-33)17-24(36)31(2)8-13-34(16-23(35)30-38)42(39)20-14-21(28)25(22(29)15-20)41-19-6-4-18(27)5-7-19;2*1-2/h4-7,14-15,38H,3,8-13,16-17H2,1-2H3,(H,30,35);2*1-2H3. The van der Waals surface area contributed by atoms with Gasteiger partial charge in [0.1, 0.15) is 16.7 Å². The summed E-state index contributed by atoms with van der Waals surface area (Å²) in [6, 6.07) is 7.44. The van der Waals surface area contributed by atoms with Crippen molar-refractivity contribution < 1.29 is 42.1 Å². The Balaban J connectivity index is 0.00000254. The van der Waals surface area contributed by atoms with E-state index in [9.17, 15) is 27.4 Å². The van der Waals surface area contributed by atoms with Crippen LogP contribution in [0, 0.1) is 11.6 Å². The lowest BCUT2D eigenvalue weighted by Crippen LogP contribution is -2.51. The number of benzene rings is 2. The predicted octanol–water partition coefficient (Wildman–Crippen LogP) is 4.53. The average molecular weight is 692 g/mol. The Hall–Kier alpha value is -3.37. The zero-order valence-electron chi connectivity index (χ0n) is 27.1. The molecule has 258 valence electrons. The molecule has 1 unspecified atom stereocenters. The lowest BCUT2D eigenvalue weighted by Gasteiger charge is -2.34. The van der Waals surface area contributed by atoms with Gasteiger partial charge < -0.3 is 19.3 Å². The van der Waals surface area contributed by atoms with Crippen LogP contribution in [0.25, 0.3) is 0 Å². The highest BCUT2D eigenvalue weighted by molar-refractivity contribution is 7.82. The van der Waals surface area contributed by atoms with E-state index in [0.29, 0.717) is 31.2 Å². The molecule has 46 heavy (non-hydrogen) atoms. The number of amides is 3. The fraction of sp³-hybridized carbons (Fsp3) is 0.500. The summed E-state index contributed by atoms with van der Waals surface area (Å²) in [5.74, 6) is -4.03. The summed E-state index contributed by atoms with van der Waals surface area (Å²) in [6.45, 7) is 11.1. The molecule has 0 saturated carbocycles. The van der Waals surface area contributed by atoms with Crippen molar-refractivity contribution in [2.75, 3.05) is 66.0 Å². The minimum Gasteiger partial charge on any atom is -0.451 e. The maximum atomic E-state index is 14.8. The van der Waals surface area contributed by atoms with Crippen LogP contribution in [0.15, 0.2) is 41.3 Å². The van der Waals surface area contributed by atoms with Gasteiger partial charge in [-0.05, 0) is 43.3 Å². The van der Waals surface area contributed by atoms with Crippen molar-refractivity contribution in [3.05, 3.63) is 53.1 Å². The van der Waals surface area contributed by atoms with Crippen LogP contribution in [0.5, 0.6) is 11.5 Å². The van der Waals surface area contributed by atoms with E-state index < -0.39 is 46.9 Å². The Morgan fingerprint density at radius 3 is 2.09 bits per heavy atom. The number of likely N-dealkylation sites (N-methyl/N-ethyl adjacent to an activating group) is 1. The molecule has 3 amide bonds. The first-order chi connectivity index (χ1) is 22.0. The molecule has 12 nitrogen and oxygen atoms in total. The summed E-state index contributed by atoms with van der Waals surface area (Å²) in [5.41, 5.74) is 1.43. The van der Waals surface area contributed by atoms with Gasteiger partial charge in [-0.3, -0.25) is 19.7 Å². The van der Waals surface area contributed by atoms with Crippen molar-refractivity contribution in [1.29, 1.82) is 0 Å². The number of halogens is 3. The quantitative estimate of drug-likeness (QED) is 0.245. The number of piperazine rings is 1. The first kappa shape index (κ1) is 40.7. The van der Waals surface area contributed by atoms with Gasteiger partial charge in [-0.1, -0.05) is 39.3 Å². The molecular formula is C30H44ClF2N5O7S. The molecular weight excluding hydrogens is 648 g/mol. The summed E-state index contributed by atoms with van der Waals surface area (Å²) in [6.07, 6.45) is -0.399. The van der Waals surface area contributed by atoms with E-state index in [1.54, 1.807) is 11.8 Å². The maximum Gasteiger partial charge on any atom is 0.409 e. The number of ether oxygens (including phenoxy) is 2. The molecule has 0 aliphatic carbocycles. The smallest absolute Gasteiger partial charge is 0.409 e. The first-order valence-corrected chi connectivity index (χ1v) is 16.4. The highest BCUT2D eigenvalue weighted by atomic mass is 35.5. The van der Waals surface area contributed by atoms with Gasteiger partial charge in [0.05, 0.1) is 24.6 Å². The first-order valence-electron chi connectivity index (χ1n) is 14.9. The number of rotatable bonds is 12. The van der Waals surface area contributed by atoms with Crippen molar-refractivity contribution >= 4 is 40.5 Å². The highest BCUT2D eigenvalue weighted by Crippen LogP contribution is 2.30. The molecule has 1 atom stereocenters. The van der Waals surface area contributed by atoms with Crippen LogP contribution in [-0.4, -0.2) is 112 Å². The van der Waals surface area contributed by atoms with E-state index >= 15 is 0 Å². The second kappa shape index (κ2) is 21.4. The van der Waals surface area contributed by atoms with Gasteiger partial charge in [0.2, 0.25) is 5.91 Å². The average Bonchev–Trinajstić information content (AvgIpc) is 3.07. The normalized spacial score (nSPS) is 13.4. The summed E-state index contributed by atoms with van der Waals surface area (Å²) in [4.78, 5) is 41.1. The van der Waals surface area contributed by atoms with Crippen LogP contribution in [0.1, 0.15) is 34.6 Å². The molecule has 1 saturated heterocycles. The SMILES string of the molecule is CC.CC.CCOC(=O)N1CCN(CC(=O)N(C)CCN(CC(=O)NO)S(=O)c2cc(F)c(Oc3ccc(Cl)cc3)c(F)c2)CC1. The van der Waals surface area contributed by atoms with Gasteiger partial charge in [0.15, 0.2) is 17.4 Å². The third-order valence-corrected chi connectivity index (χ3v) is 7.93. The molecule has 1 heterocycles. The Kier molecular flexibility index (Phi) is 18.9. The largest absolute Gasteiger partial charge is 0.451 e. The fourth-order valence-electron chi connectivity index (χ4n) is 3.92. The topological polar surface area (TPSA) is 132 Å². The van der Waals surface area contributed by atoms with E-state index in [1.165, 1.54) is 41.7 Å². The molecule has 1 fully saturated rings. The third-order valence-electron chi connectivity index (χ3n) is 6.25. The Bertz CT molecular complexity index is 1260. The number of carbonyl (C=O) groups excluding carboxylic acids is 3. The molecule has 2 N–H and O–H groups in total. The van der Waals surface area contributed by atoms with Crippen molar-refractivity contribution in [1.82, 2.24) is 24.5 Å². The Labute approximate surface area is 276 Å². The molecule has 1 aliphatic rings. The van der Waals surface area contributed by atoms with Gasteiger partial charge in [-0.2, -0.15) is 0 Å². The van der Waals surface area contributed by atoms with Crippen LogP contribution in [0.3, 0.4) is 0 Å². The van der Waals surface area contributed by atoms with Crippen LogP contribution in [0.2, 0.25) is 5.02 Å². The molecule has 0 bridgehead atoms. The van der Waals surface area contributed by atoms with Gasteiger partial charge in [0, 0.05) is 51.3 Å². The van der Waals surface area contributed by atoms with Gasteiger partial charge >= 0.3 is 6.09 Å². The molecule has 0 aromatic heterocycles. The van der Waals surface area contributed by atoms with E-state index in [0.717, 1.165) is 16.4 Å². The number of hydroxylamine groups is 1. The zero-order valence-corrected chi connectivity index (χ0v) is 28.6. The van der Waals surface area contributed by atoms with Crippen LogP contribution in [-0.2, 0) is 25.3 Å². The summed E-state index contributed by atoms with van der Waals surface area (Å²) >= 11 is 5.81. The van der Waals surface area contributed by atoms with E-state index in [1.807, 2.05) is 32.6 Å². The van der Waals surface area contributed by atoms with E-state index in [4.69, 9.17) is 26.3 Å². The zero-order chi connectivity index (χ0) is 34.8. The molecule has 3 rings (SSSR count). The number of hydrogen-bond acceptors (Lipinski definition) is 8. The van der Waals surface area contributed by atoms with Gasteiger partial charge in [0.25, 0.3) is 5.91 Å². The van der Waals surface area contributed by atoms with Crippen molar-refractivity contribution in [3.63, 3.8) is 0 Å². The number of nitrogens with zero attached hydrogens (tertiary/aromatic N) is 4. The monoisotopic (exact) mass is 691 g/mol. The second-order valence-electron chi connectivity index (χ2n) is 9.20. The lowest BCUT2D eigenvalue weighted by molar-refractivity contribution is -0.131. The van der Waals surface area contributed by atoms with Crippen molar-refractivity contribution in [2.24, 2.45) is 0 Å². The van der Waals surface area contributed by atoms with Gasteiger partial charge in [-0.25, -0.2) is 27.6 Å². The van der Waals surface area contributed by atoms with Crippen LogP contribution >= 0.6 is 11.6 Å². The number of nitrogens with one attached hydrogen (secondary N) is 1. The van der Waals surface area contributed by atoms with Crippen molar-refractivity contribution in [3.8, 4) is 11.5 Å². The minimum atomic E-state index is -2.26. The second-order valence-corrected chi connectivity index (χ2v) is 11.1. The van der Waals surface area contributed by atoms with Crippen LogP contribution in [0.4, 0.5) is 13.6 Å². The van der Waals surface area contributed by atoms with Gasteiger partial charge in [-0.15, -0.1) is 0 Å². The molecule has 1 aliphatic heterocycles. The lowest BCUT2D eigenvalue weighted by atomic mass is 10.3. The summed E-state index contributed by atoms with van der Waals surface area (Å²) < 4.78 is 54.3. The maximum absolute atomic E-state index is 14.8. The molecule has 2 aromatic rings. The van der Waals surface area contributed by atoms with E-state index in [-0.39, 0.29) is 42.8 Å². The Morgan fingerprint density at radius 2 is 1.57 bits per heavy atom. The van der Waals surface area contributed by atoms with E-state index in [2.05, 4.69) is 0 Å². The highest BCUT2D eigenvalue weighted by Gasteiger charge is 2.26. The van der Waals surface area contributed by atoms with Crippen LogP contribution < -0.4 is 10.2 Å². The fourth-order valence-corrected chi connectivity index (χ4v) is 5.24. The number of hydrogen-bond donors (Lipinski definition) is 2. The molecule has 0 spiro atoms. The Morgan fingerprint density at radius 1 is 1.00 bits per heavy atom. The summed E-state index contributed by atoms with van der Waals surface area (Å²) in [7, 11) is -0.737. The minimum absolute atomic E-state index is 0.00873. The third kappa shape index (κ3) is 12.8. The summed E-state index contributed by atoms with van der Waals surface area (Å²) in [5, 5.41) is 9.38. The number of carbonyl (C=O) groups is 3. The molecule has 0 radical (unpaired) electrons. The molecule has 16 heteroatoms.